The number of hydrogen-bond donors (Lipinski definition) is 4. The molecule has 2 aromatic rings. The lowest BCUT2D eigenvalue weighted by atomic mass is 9.97. The van der Waals surface area contributed by atoms with E-state index in [0.717, 1.165) is 16.7 Å². The van der Waals surface area contributed by atoms with Crippen LogP contribution in [0.25, 0.3) is 0 Å². The first-order valence-electron chi connectivity index (χ1n) is 13.9. The minimum atomic E-state index is -1.64. The Morgan fingerprint density at radius 3 is 2.33 bits per heavy atom. The summed E-state index contributed by atoms with van der Waals surface area (Å²) >= 11 is 1.44. The van der Waals surface area contributed by atoms with Gasteiger partial charge in [0, 0.05) is 11.3 Å². The van der Waals surface area contributed by atoms with Gasteiger partial charge in [-0.25, -0.2) is 4.79 Å². The summed E-state index contributed by atoms with van der Waals surface area (Å²) < 4.78 is 4.56. The fourth-order valence-electron chi connectivity index (χ4n) is 4.68. The van der Waals surface area contributed by atoms with E-state index in [9.17, 15) is 24.3 Å². The highest BCUT2D eigenvalue weighted by Gasteiger charge is 2.49. The summed E-state index contributed by atoms with van der Waals surface area (Å²) in [5.41, 5.74) is 2.07. The summed E-state index contributed by atoms with van der Waals surface area (Å²) in [6.45, 7) is 10.8. The van der Waals surface area contributed by atoms with E-state index >= 15 is 0 Å². The quantitative estimate of drug-likeness (QED) is 0.330. The van der Waals surface area contributed by atoms with Crippen LogP contribution in [0.4, 0.5) is 4.79 Å². The van der Waals surface area contributed by atoms with Gasteiger partial charge in [-0.05, 0) is 64.7 Å². The van der Waals surface area contributed by atoms with Gasteiger partial charge in [0.1, 0.15) is 18.2 Å². The molecule has 10 nitrogen and oxygen atoms in total. The minimum absolute atomic E-state index is 0.153. The molecule has 1 aliphatic heterocycles. The molecule has 3 unspecified atom stereocenters. The maximum atomic E-state index is 13.8. The number of nitrogens with one attached hydrogen (secondary N) is 3. The Morgan fingerprint density at radius 2 is 1.69 bits per heavy atom. The molecule has 0 aromatic heterocycles. The summed E-state index contributed by atoms with van der Waals surface area (Å²) in [6, 6.07) is 15.0. The minimum Gasteiger partial charge on any atom is -0.444 e. The number of rotatable bonds is 10. The largest absolute Gasteiger partial charge is 0.444 e. The number of carbonyl (C=O) groups is 4. The van der Waals surface area contributed by atoms with Crippen LogP contribution in [0.1, 0.15) is 51.3 Å². The third kappa shape index (κ3) is 9.22. The second-order valence-electron chi connectivity index (χ2n) is 11.9. The van der Waals surface area contributed by atoms with Crippen LogP contribution in [0.3, 0.4) is 0 Å². The first kappa shape index (κ1) is 32.9. The highest BCUT2D eigenvalue weighted by molar-refractivity contribution is 8.00. The van der Waals surface area contributed by atoms with Gasteiger partial charge in [0.05, 0.1) is 11.9 Å². The first-order chi connectivity index (χ1) is 19.7. The molecule has 228 valence electrons. The monoisotopic (exact) mass is 598 g/mol. The molecule has 1 saturated heterocycles. The number of aliphatic hydroxyl groups excluding tert-OH is 1. The zero-order chi connectivity index (χ0) is 31.1. The van der Waals surface area contributed by atoms with E-state index < -0.39 is 53.0 Å². The van der Waals surface area contributed by atoms with Crippen molar-refractivity contribution in [2.45, 2.75) is 83.0 Å². The van der Waals surface area contributed by atoms with E-state index in [4.69, 9.17) is 4.74 Å². The molecule has 0 spiro atoms. The number of nitrogens with zero attached hydrogens (tertiary/aromatic N) is 1. The highest BCUT2D eigenvalue weighted by atomic mass is 32.2. The Labute approximate surface area is 252 Å². The van der Waals surface area contributed by atoms with E-state index in [1.165, 1.54) is 16.7 Å². The van der Waals surface area contributed by atoms with Crippen molar-refractivity contribution in [3.63, 3.8) is 0 Å². The molecule has 3 rings (SSSR count). The molecular formula is C31H42N4O6S. The van der Waals surface area contributed by atoms with Gasteiger partial charge in [-0.3, -0.25) is 14.4 Å². The van der Waals surface area contributed by atoms with E-state index in [1.54, 1.807) is 20.8 Å². The third-order valence-corrected chi connectivity index (χ3v) is 8.24. The van der Waals surface area contributed by atoms with Crippen LogP contribution in [-0.2, 0) is 32.1 Å². The van der Waals surface area contributed by atoms with Gasteiger partial charge in [-0.2, -0.15) is 0 Å². The Hall–Kier alpha value is -3.57. The Balaban J connectivity index is 1.74. The summed E-state index contributed by atoms with van der Waals surface area (Å²) in [5, 5.41) is 19.4. The van der Waals surface area contributed by atoms with Crippen molar-refractivity contribution in [1.29, 1.82) is 0 Å². The molecule has 11 heteroatoms. The van der Waals surface area contributed by atoms with Crippen LogP contribution in [0, 0.1) is 6.92 Å². The van der Waals surface area contributed by atoms with Gasteiger partial charge in [0.15, 0.2) is 6.10 Å². The van der Waals surface area contributed by atoms with Crippen molar-refractivity contribution in [2.24, 2.45) is 0 Å². The molecule has 1 aliphatic rings. The summed E-state index contributed by atoms with van der Waals surface area (Å²) in [4.78, 5) is 53.4. The predicted molar refractivity (Wildman–Crippen MR) is 163 cm³/mol. The molecule has 1 fully saturated rings. The number of hydrogen-bond acceptors (Lipinski definition) is 7. The van der Waals surface area contributed by atoms with Crippen LogP contribution in [-0.4, -0.2) is 74.8 Å². The second kappa shape index (κ2) is 14.1. The summed E-state index contributed by atoms with van der Waals surface area (Å²) in [5.74, 6) is -1.38. The van der Waals surface area contributed by atoms with Crippen molar-refractivity contribution in [2.75, 3.05) is 12.4 Å². The molecule has 1 heterocycles. The number of benzene rings is 2. The van der Waals surface area contributed by atoms with Gasteiger partial charge in [-0.1, -0.05) is 54.6 Å². The molecule has 42 heavy (non-hydrogen) atoms. The zero-order valence-corrected chi connectivity index (χ0v) is 25.9. The van der Waals surface area contributed by atoms with E-state index in [-0.39, 0.29) is 18.2 Å². The second-order valence-corrected chi connectivity index (χ2v) is 13.5. The molecule has 0 aliphatic carbocycles. The highest BCUT2D eigenvalue weighted by Crippen LogP contribution is 2.40. The van der Waals surface area contributed by atoms with Gasteiger partial charge in [0.2, 0.25) is 11.8 Å². The lowest BCUT2D eigenvalue weighted by Gasteiger charge is -2.33. The number of amides is 4. The maximum Gasteiger partial charge on any atom is 0.408 e. The molecule has 0 bridgehead atoms. The topological polar surface area (TPSA) is 137 Å². The molecule has 4 amide bonds. The number of aliphatic hydroxyl groups is 1. The van der Waals surface area contributed by atoms with Gasteiger partial charge in [0.25, 0.3) is 5.91 Å². The number of thioether (sulfide) groups is 1. The normalized spacial score (nSPS) is 17.6. The molecular weight excluding hydrogens is 556 g/mol. The summed E-state index contributed by atoms with van der Waals surface area (Å²) in [6.07, 6.45) is -2.25. The van der Waals surface area contributed by atoms with Crippen molar-refractivity contribution in [1.82, 2.24) is 20.9 Å². The van der Waals surface area contributed by atoms with E-state index in [1.807, 2.05) is 75.4 Å². The van der Waals surface area contributed by atoms with Gasteiger partial charge >= 0.3 is 6.09 Å². The fourth-order valence-corrected chi connectivity index (χ4v) is 5.82. The third-order valence-electron chi connectivity index (χ3n) is 6.86. The molecule has 0 radical (unpaired) electrons. The Kier molecular flexibility index (Phi) is 11.0. The smallest absolute Gasteiger partial charge is 0.408 e. The molecule has 2 aromatic carbocycles. The van der Waals surface area contributed by atoms with E-state index in [2.05, 4.69) is 16.0 Å². The fraction of sp³-hybridized carbons (Fsp3) is 0.484. The van der Waals surface area contributed by atoms with Crippen LogP contribution in [0.2, 0.25) is 0 Å². The average Bonchev–Trinajstić information content (AvgIpc) is 3.24. The number of alkyl carbamates (subject to hydrolysis) is 1. The molecule has 0 saturated carbocycles. The number of aryl methyl sites for hydroxylation is 1. The van der Waals surface area contributed by atoms with Crippen molar-refractivity contribution in [3.8, 4) is 0 Å². The lowest BCUT2D eigenvalue weighted by Crippen LogP contribution is -2.59. The van der Waals surface area contributed by atoms with Gasteiger partial charge < -0.3 is 30.7 Å². The standard InChI is InChI=1S/C31H42N4O6S/c1-20-12-10-11-15-22(20)17-32-27(38)26-31(5,6)42-19-35(26)28(39)25(37)23(16-21-13-8-7-9-14-21)34-24(36)18-33-29(40)41-30(2,3)4/h7-15,23,25-26,37H,16-19H2,1-6H3,(H,32,38)(H,33,40)(H,34,36). The Bertz CT molecular complexity index is 1260. The number of ether oxygens (including phenoxy) is 1. The first-order valence-corrected chi connectivity index (χ1v) is 14.9. The van der Waals surface area contributed by atoms with E-state index in [0.29, 0.717) is 6.54 Å². The van der Waals surface area contributed by atoms with Crippen LogP contribution in [0.15, 0.2) is 54.6 Å². The van der Waals surface area contributed by atoms with Crippen molar-refractivity contribution >= 4 is 35.6 Å². The maximum absolute atomic E-state index is 13.8. The van der Waals surface area contributed by atoms with Gasteiger partial charge in [-0.15, -0.1) is 11.8 Å². The number of carbonyl (C=O) groups excluding carboxylic acids is 4. The average molecular weight is 599 g/mol. The lowest BCUT2D eigenvalue weighted by molar-refractivity contribution is -0.147. The summed E-state index contributed by atoms with van der Waals surface area (Å²) in [7, 11) is 0. The van der Waals surface area contributed by atoms with Crippen LogP contribution >= 0.6 is 11.8 Å². The van der Waals surface area contributed by atoms with Crippen molar-refractivity contribution in [3.05, 3.63) is 71.3 Å². The zero-order valence-electron chi connectivity index (χ0n) is 25.1. The van der Waals surface area contributed by atoms with Crippen molar-refractivity contribution < 1.29 is 29.0 Å². The molecule has 4 N–H and O–H groups in total. The predicted octanol–water partition coefficient (Wildman–Crippen LogP) is 2.90. The molecule has 3 atom stereocenters. The SMILES string of the molecule is Cc1ccccc1CNC(=O)C1N(C(=O)C(O)C(Cc2ccccc2)NC(=O)CNC(=O)OC(C)(C)C)CSC1(C)C. The van der Waals surface area contributed by atoms with Crippen LogP contribution in [0.5, 0.6) is 0 Å². The van der Waals surface area contributed by atoms with Crippen LogP contribution < -0.4 is 16.0 Å². The Morgan fingerprint density at radius 1 is 1.05 bits per heavy atom.